The van der Waals surface area contributed by atoms with Gasteiger partial charge in [-0.3, -0.25) is 0 Å². The molecule has 2 aromatic heterocycles. The molecule has 0 unspecified atom stereocenters. The van der Waals surface area contributed by atoms with Gasteiger partial charge in [0, 0.05) is 19.7 Å². The molecule has 0 aliphatic rings. The van der Waals surface area contributed by atoms with Gasteiger partial charge >= 0.3 is 0 Å². The topological polar surface area (TPSA) is 54.0 Å². The van der Waals surface area contributed by atoms with Crippen LogP contribution in [0.4, 0.5) is 5.82 Å². The fourth-order valence-corrected chi connectivity index (χ4v) is 2.14. The summed E-state index contributed by atoms with van der Waals surface area (Å²) in [5, 5.41) is 0. The fraction of sp³-hybridized carbons (Fsp3) is 0.250. The predicted molar refractivity (Wildman–Crippen MR) is 84.8 cm³/mol. The van der Waals surface area contributed by atoms with E-state index >= 15 is 0 Å². The van der Waals surface area contributed by atoms with Gasteiger partial charge < -0.3 is 14.6 Å². The molecule has 0 radical (unpaired) electrons. The Kier molecular flexibility index (Phi) is 3.48. The quantitative estimate of drug-likeness (QED) is 0.799. The number of anilines is 1. The van der Waals surface area contributed by atoms with Gasteiger partial charge in [0.15, 0.2) is 5.65 Å². The van der Waals surface area contributed by atoms with E-state index in [2.05, 4.69) is 15.0 Å². The van der Waals surface area contributed by atoms with Crippen LogP contribution in [-0.4, -0.2) is 35.7 Å². The molecular formula is C16H18N4O. The largest absolute Gasteiger partial charge is 0.494 e. The summed E-state index contributed by atoms with van der Waals surface area (Å²) in [6.45, 7) is 2.64. The Labute approximate surface area is 123 Å². The number of pyridine rings is 1. The number of nitrogens with one attached hydrogen (secondary N) is 1. The summed E-state index contributed by atoms with van der Waals surface area (Å²) in [7, 11) is 3.93. The van der Waals surface area contributed by atoms with Gasteiger partial charge in [-0.05, 0) is 43.3 Å². The normalized spacial score (nSPS) is 10.8. The molecule has 2 heterocycles. The molecule has 0 aliphatic carbocycles. The molecular weight excluding hydrogens is 264 g/mol. The summed E-state index contributed by atoms with van der Waals surface area (Å²) in [6.07, 6.45) is 0. The lowest BCUT2D eigenvalue weighted by Gasteiger charge is -2.09. The molecule has 5 nitrogen and oxygen atoms in total. The Morgan fingerprint density at radius 3 is 2.48 bits per heavy atom. The average molecular weight is 282 g/mol. The predicted octanol–water partition coefficient (Wildman–Crippen LogP) is 3.09. The van der Waals surface area contributed by atoms with Crippen LogP contribution in [0.5, 0.6) is 5.75 Å². The number of hydrogen-bond donors (Lipinski definition) is 1. The van der Waals surface area contributed by atoms with Crippen LogP contribution in [0.1, 0.15) is 6.92 Å². The minimum Gasteiger partial charge on any atom is -0.494 e. The van der Waals surface area contributed by atoms with E-state index in [0.29, 0.717) is 6.61 Å². The summed E-state index contributed by atoms with van der Waals surface area (Å²) >= 11 is 0. The van der Waals surface area contributed by atoms with Crippen molar-refractivity contribution in [1.29, 1.82) is 0 Å². The van der Waals surface area contributed by atoms with Crippen LogP contribution >= 0.6 is 0 Å². The van der Waals surface area contributed by atoms with Crippen LogP contribution in [0, 0.1) is 0 Å². The number of rotatable bonds is 4. The average Bonchev–Trinajstić information content (AvgIpc) is 2.91. The van der Waals surface area contributed by atoms with Crippen LogP contribution in [0.25, 0.3) is 22.6 Å². The van der Waals surface area contributed by atoms with Gasteiger partial charge in [-0.2, -0.15) is 0 Å². The molecule has 5 heteroatoms. The van der Waals surface area contributed by atoms with E-state index in [0.717, 1.165) is 34.1 Å². The Balaban J connectivity index is 1.96. The highest BCUT2D eigenvalue weighted by Crippen LogP contribution is 2.23. The zero-order valence-corrected chi connectivity index (χ0v) is 12.4. The van der Waals surface area contributed by atoms with E-state index in [9.17, 15) is 0 Å². The second-order valence-electron chi connectivity index (χ2n) is 4.98. The number of imidazole rings is 1. The van der Waals surface area contributed by atoms with Gasteiger partial charge in [-0.25, -0.2) is 9.97 Å². The number of H-pyrrole nitrogens is 1. The first-order valence-corrected chi connectivity index (χ1v) is 6.94. The van der Waals surface area contributed by atoms with Gasteiger partial charge in [0.25, 0.3) is 0 Å². The molecule has 3 rings (SSSR count). The molecule has 0 atom stereocenters. The summed E-state index contributed by atoms with van der Waals surface area (Å²) in [5.74, 6) is 2.58. The number of aromatic nitrogens is 3. The second-order valence-corrected chi connectivity index (χ2v) is 4.98. The number of benzene rings is 1. The number of aromatic amines is 1. The highest BCUT2D eigenvalue weighted by atomic mass is 16.5. The number of fused-ring (bicyclic) bond motifs is 1. The van der Waals surface area contributed by atoms with Crippen molar-refractivity contribution in [1.82, 2.24) is 15.0 Å². The first kappa shape index (κ1) is 13.4. The monoisotopic (exact) mass is 282 g/mol. The zero-order chi connectivity index (χ0) is 14.8. The molecule has 1 aromatic carbocycles. The molecule has 108 valence electrons. The van der Waals surface area contributed by atoms with E-state index in [-0.39, 0.29) is 0 Å². The van der Waals surface area contributed by atoms with E-state index in [1.165, 1.54) is 0 Å². The van der Waals surface area contributed by atoms with E-state index in [1.54, 1.807) is 0 Å². The minimum absolute atomic E-state index is 0.668. The lowest BCUT2D eigenvalue weighted by molar-refractivity contribution is 0.340. The third-order valence-electron chi connectivity index (χ3n) is 3.23. The number of nitrogens with zero attached hydrogens (tertiary/aromatic N) is 3. The van der Waals surface area contributed by atoms with Crippen molar-refractivity contribution in [3.63, 3.8) is 0 Å². The van der Waals surface area contributed by atoms with Crippen molar-refractivity contribution >= 4 is 17.0 Å². The molecule has 1 N–H and O–H groups in total. The highest BCUT2D eigenvalue weighted by Gasteiger charge is 2.08. The Morgan fingerprint density at radius 2 is 1.81 bits per heavy atom. The maximum atomic E-state index is 5.45. The molecule has 0 spiro atoms. The zero-order valence-electron chi connectivity index (χ0n) is 12.4. The van der Waals surface area contributed by atoms with Gasteiger partial charge in [0.1, 0.15) is 17.4 Å². The number of hydrogen-bond acceptors (Lipinski definition) is 4. The van der Waals surface area contributed by atoms with Crippen molar-refractivity contribution in [3.8, 4) is 17.1 Å². The van der Waals surface area contributed by atoms with E-state index < -0.39 is 0 Å². The maximum absolute atomic E-state index is 5.45. The summed E-state index contributed by atoms with van der Waals surface area (Å²) in [5.41, 5.74) is 2.68. The first-order chi connectivity index (χ1) is 10.2. The van der Waals surface area contributed by atoms with Crippen molar-refractivity contribution in [3.05, 3.63) is 36.4 Å². The molecule has 0 saturated heterocycles. The summed E-state index contributed by atoms with van der Waals surface area (Å²) in [6, 6.07) is 11.9. The Morgan fingerprint density at radius 1 is 1.05 bits per heavy atom. The van der Waals surface area contributed by atoms with Crippen molar-refractivity contribution < 1.29 is 4.74 Å². The van der Waals surface area contributed by atoms with E-state index in [1.807, 2.05) is 62.3 Å². The first-order valence-electron chi connectivity index (χ1n) is 6.94. The minimum atomic E-state index is 0.668. The molecule has 0 bridgehead atoms. The molecule has 0 amide bonds. The van der Waals surface area contributed by atoms with Crippen molar-refractivity contribution in [2.24, 2.45) is 0 Å². The molecule has 21 heavy (non-hydrogen) atoms. The lowest BCUT2D eigenvalue weighted by Crippen LogP contribution is -2.10. The van der Waals surface area contributed by atoms with Gasteiger partial charge in [0.05, 0.1) is 12.1 Å². The summed E-state index contributed by atoms with van der Waals surface area (Å²) < 4.78 is 5.45. The fourth-order valence-electron chi connectivity index (χ4n) is 2.14. The van der Waals surface area contributed by atoms with Crippen LogP contribution in [-0.2, 0) is 0 Å². The molecule has 0 fully saturated rings. The van der Waals surface area contributed by atoms with Crippen LogP contribution in [0.3, 0.4) is 0 Å². The summed E-state index contributed by atoms with van der Waals surface area (Å²) in [4.78, 5) is 14.4. The third-order valence-corrected chi connectivity index (χ3v) is 3.23. The van der Waals surface area contributed by atoms with Gasteiger partial charge in [-0.15, -0.1) is 0 Å². The van der Waals surface area contributed by atoms with E-state index in [4.69, 9.17) is 4.74 Å². The smallest absolute Gasteiger partial charge is 0.180 e. The Bertz CT molecular complexity index is 747. The second kappa shape index (κ2) is 5.44. The lowest BCUT2D eigenvalue weighted by atomic mass is 10.2. The van der Waals surface area contributed by atoms with Crippen LogP contribution in [0.2, 0.25) is 0 Å². The Hall–Kier alpha value is -2.56. The number of ether oxygens (including phenoxy) is 1. The maximum Gasteiger partial charge on any atom is 0.180 e. The van der Waals surface area contributed by atoms with Crippen molar-refractivity contribution in [2.75, 3.05) is 25.6 Å². The highest BCUT2D eigenvalue weighted by molar-refractivity contribution is 5.77. The molecule has 0 saturated carbocycles. The van der Waals surface area contributed by atoms with Gasteiger partial charge in [0.2, 0.25) is 0 Å². The van der Waals surface area contributed by atoms with Gasteiger partial charge in [-0.1, -0.05) is 0 Å². The van der Waals surface area contributed by atoms with Crippen molar-refractivity contribution in [2.45, 2.75) is 6.92 Å². The molecule has 3 aromatic rings. The third kappa shape index (κ3) is 2.67. The van der Waals surface area contributed by atoms with Crippen LogP contribution in [0.15, 0.2) is 36.4 Å². The standard InChI is InChI=1S/C16H18N4O/c1-4-21-12-7-5-11(6-8-12)15-17-13-9-10-14(20(2)3)18-16(13)19-15/h5-10H,4H2,1-3H3,(H,17,18,19). The SMILES string of the molecule is CCOc1ccc(-c2nc3nc(N(C)C)ccc3[nH]2)cc1. The molecule has 0 aliphatic heterocycles. The van der Waals surface area contributed by atoms with Crippen LogP contribution < -0.4 is 9.64 Å².